The van der Waals surface area contributed by atoms with Crippen LogP contribution in [-0.2, 0) is 11.2 Å². The van der Waals surface area contributed by atoms with Gasteiger partial charge in [0.1, 0.15) is 23.6 Å². The predicted molar refractivity (Wildman–Crippen MR) is 72.4 cm³/mol. The molecule has 0 aliphatic carbocycles. The monoisotopic (exact) mass is 296 g/mol. The Morgan fingerprint density at radius 1 is 1.05 bits per heavy atom. The van der Waals surface area contributed by atoms with Crippen LogP contribution in [0.4, 0.5) is 13.2 Å². The van der Waals surface area contributed by atoms with Crippen LogP contribution in [0.5, 0.6) is 0 Å². The van der Waals surface area contributed by atoms with Crippen LogP contribution in [0.3, 0.4) is 0 Å². The van der Waals surface area contributed by atoms with Crippen molar-refractivity contribution in [2.45, 2.75) is 12.5 Å². The Hall–Kier alpha value is -1.85. The molecule has 21 heavy (non-hydrogen) atoms. The molecule has 0 saturated heterocycles. The van der Waals surface area contributed by atoms with Gasteiger partial charge in [-0.15, -0.1) is 0 Å². The zero-order valence-corrected chi connectivity index (χ0v) is 11.4. The van der Waals surface area contributed by atoms with Gasteiger partial charge in [-0.2, -0.15) is 0 Å². The number of ether oxygens (including phenoxy) is 1. The zero-order valence-electron chi connectivity index (χ0n) is 11.4. The van der Waals surface area contributed by atoms with Gasteiger partial charge in [-0.1, -0.05) is 24.3 Å². The Bertz CT molecular complexity index is 588. The Morgan fingerprint density at radius 3 is 2.14 bits per heavy atom. The fraction of sp³-hybridized carbons (Fsp3) is 0.250. The number of rotatable bonds is 5. The quantitative estimate of drug-likeness (QED) is 0.916. The molecule has 0 aliphatic heterocycles. The first-order valence-electron chi connectivity index (χ1n) is 6.43. The van der Waals surface area contributed by atoms with Gasteiger partial charge in [0.2, 0.25) is 0 Å². The second-order valence-corrected chi connectivity index (χ2v) is 4.67. The highest BCUT2D eigenvalue weighted by Gasteiger charge is 2.20. The van der Waals surface area contributed by atoms with E-state index < -0.39 is 29.1 Å². The van der Waals surface area contributed by atoms with E-state index in [-0.39, 0.29) is 0 Å². The van der Waals surface area contributed by atoms with E-state index in [9.17, 15) is 18.3 Å². The predicted octanol–water partition coefficient (Wildman–Crippen LogP) is 3.37. The van der Waals surface area contributed by atoms with Crippen molar-refractivity contribution in [1.29, 1.82) is 0 Å². The highest BCUT2D eigenvalue weighted by Crippen LogP contribution is 2.27. The van der Waals surface area contributed by atoms with E-state index in [2.05, 4.69) is 0 Å². The van der Waals surface area contributed by atoms with Crippen LogP contribution in [0.25, 0.3) is 0 Å². The first-order valence-corrected chi connectivity index (χ1v) is 6.43. The SMILES string of the molecule is COCCc1ccc(C(O)c2c(F)cc(F)cc2F)cc1. The van der Waals surface area contributed by atoms with Crippen LogP contribution < -0.4 is 0 Å². The lowest BCUT2D eigenvalue weighted by Gasteiger charge is -2.14. The maximum atomic E-state index is 13.6. The lowest BCUT2D eigenvalue weighted by molar-refractivity contribution is 0.202. The molecule has 1 atom stereocenters. The second-order valence-electron chi connectivity index (χ2n) is 4.67. The number of aliphatic hydroxyl groups is 1. The van der Waals surface area contributed by atoms with Crippen LogP contribution in [0, 0.1) is 17.5 Å². The van der Waals surface area contributed by atoms with E-state index >= 15 is 0 Å². The number of aliphatic hydroxyl groups excluding tert-OH is 1. The molecule has 0 radical (unpaired) electrons. The maximum absolute atomic E-state index is 13.6. The molecule has 0 amide bonds. The summed E-state index contributed by atoms with van der Waals surface area (Å²) < 4.78 is 45.1. The third kappa shape index (κ3) is 3.62. The third-order valence-electron chi connectivity index (χ3n) is 3.21. The molecule has 0 fully saturated rings. The van der Waals surface area contributed by atoms with Crippen LogP contribution in [0.2, 0.25) is 0 Å². The van der Waals surface area contributed by atoms with Gasteiger partial charge in [0.05, 0.1) is 12.2 Å². The zero-order chi connectivity index (χ0) is 15.4. The summed E-state index contributed by atoms with van der Waals surface area (Å²) in [6.07, 6.45) is -0.784. The van der Waals surface area contributed by atoms with Crippen LogP contribution >= 0.6 is 0 Å². The second kappa shape index (κ2) is 6.74. The molecule has 2 nitrogen and oxygen atoms in total. The van der Waals surface area contributed by atoms with Crippen molar-refractivity contribution in [3.05, 3.63) is 70.5 Å². The lowest BCUT2D eigenvalue weighted by atomic mass is 9.99. The number of methoxy groups -OCH3 is 1. The van der Waals surface area contributed by atoms with Crippen molar-refractivity contribution in [2.75, 3.05) is 13.7 Å². The summed E-state index contributed by atoms with van der Waals surface area (Å²) in [4.78, 5) is 0. The molecule has 0 bridgehead atoms. The largest absolute Gasteiger partial charge is 0.384 e. The van der Waals surface area contributed by atoms with Crippen molar-refractivity contribution in [1.82, 2.24) is 0 Å². The van der Waals surface area contributed by atoms with Crippen molar-refractivity contribution in [3.63, 3.8) is 0 Å². The average molecular weight is 296 g/mol. The Labute approximate surface area is 120 Å². The van der Waals surface area contributed by atoms with Crippen LogP contribution in [-0.4, -0.2) is 18.8 Å². The summed E-state index contributed by atoms with van der Waals surface area (Å²) in [6.45, 7) is 0.559. The van der Waals surface area contributed by atoms with Crippen LogP contribution in [0.1, 0.15) is 22.8 Å². The fourth-order valence-electron chi connectivity index (χ4n) is 2.07. The molecule has 0 saturated carbocycles. The Kier molecular flexibility index (Phi) is 4.98. The van der Waals surface area contributed by atoms with Crippen molar-refractivity contribution >= 4 is 0 Å². The lowest BCUT2D eigenvalue weighted by Crippen LogP contribution is -2.07. The molecule has 5 heteroatoms. The first-order chi connectivity index (χ1) is 10.0. The van der Waals surface area contributed by atoms with Gasteiger partial charge in [-0.25, -0.2) is 13.2 Å². The van der Waals surface area contributed by atoms with Crippen molar-refractivity contribution in [3.8, 4) is 0 Å². The minimum Gasteiger partial charge on any atom is -0.384 e. The summed E-state index contributed by atoms with van der Waals surface area (Å²) in [5.74, 6) is -3.23. The molecular formula is C16H15F3O2. The van der Waals surface area contributed by atoms with E-state index in [1.165, 1.54) is 0 Å². The van der Waals surface area contributed by atoms with E-state index in [4.69, 9.17) is 4.74 Å². The van der Waals surface area contributed by atoms with E-state index in [0.717, 1.165) is 5.56 Å². The summed E-state index contributed by atoms with van der Waals surface area (Å²) in [5.41, 5.74) is 0.759. The standard InChI is InChI=1S/C16H15F3O2/c1-21-7-6-10-2-4-11(5-3-10)16(20)15-13(18)8-12(17)9-14(15)19/h2-5,8-9,16,20H,6-7H2,1H3. The fourth-order valence-corrected chi connectivity index (χ4v) is 2.07. The maximum Gasteiger partial charge on any atom is 0.135 e. The highest BCUT2D eigenvalue weighted by molar-refractivity contribution is 5.33. The van der Waals surface area contributed by atoms with Crippen molar-refractivity contribution in [2.24, 2.45) is 0 Å². The van der Waals surface area contributed by atoms with Gasteiger partial charge < -0.3 is 9.84 Å². The number of benzene rings is 2. The van der Waals surface area contributed by atoms with Gasteiger partial charge in [0.25, 0.3) is 0 Å². The van der Waals surface area contributed by atoms with Gasteiger partial charge in [0.15, 0.2) is 0 Å². The Balaban J connectivity index is 2.26. The molecular weight excluding hydrogens is 281 g/mol. The minimum atomic E-state index is -1.48. The number of hydrogen-bond acceptors (Lipinski definition) is 2. The molecule has 1 N–H and O–H groups in total. The summed E-state index contributed by atoms with van der Waals surface area (Å²) >= 11 is 0. The van der Waals surface area contributed by atoms with E-state index in [1.807, 2.05) is 0 Å². The Morgan fingerprint density at radius 2 is 1.62 bits per heavy atom. The molecule has 0 heterocycles. The van der Waals surface area contributed by atoms with Gasteiger partial charge in [-0.3, -0.25) is 0 Å². The average Bonchev–Trinajstić information content (AvgIpc) is 2.44. The molecule has 0 spiro atoms. The minimum absolute atomic E-state index is 0.334. The molecule has 1 unspecified atom stereocenters. The molecule has 2 aromatic carbocycles. The van der Waals surface area contributed by atoms with Crippen molar-refractivity contribution < 1.29 is 23.0 Å². The number of hydrogen-bond donors (Lipinski definition) is 1. The van der Waals surface area contributed by atoms with Gasteiger partial charge >= 0.3 is 0 Å². The van der Waals surface area contributed by atoms with Gasteiger partial charge in [0, 0.05) is 19.2 Å². The summed E-state index contributed by atoms with van der Waals surface area (Å²) in [5, 5.41) is 10.1. The van der Waals surface area contributed by atoms with E-state index in [1.54, 1.807) is 31.4 Å². The van der Waals surface area contributed by atoms with E-state index in [0.29, 0.717) is 30.7 Å². The first kappa shape index (κ1) is 15.5. The third-order valence-corrected chi connectivity index (χ3v) is 3.21. The van der Waals surface area contributed by atoms with Gasteiger partial charge in [-0.05, 0) is 17.5 Å². The molecule has 112 valence electrons. The normalized spacial score (nSPS) is 12.4. The molecule has 2 aromatic rings. The topological polar surface area (TPSA) is 29.5 Å². The molecule has 2 rings (SSSR count). The summed E-state index contributed by atoms with van der Waals surface area (Å²) in [6, 6.07) is 7.76. The van der Waals surface area contributed by atoms with Crippen LogP contribution in [0.15, 0.2) is 36.4 Å². The summed E-state index contributed by atoms with van der Waals surface area (Å²) in [7, 11) is 1.60. The molecule has 0 aromatic heterocycles. The highest BCUT2D eigenvalue weighted by atomic mass is 19.1. The smallest absolute Gasteiger partial charge is 0.135 e. The number of halogens is 3. The molecule has 0 aliphatic rings.